The van der Waals surface area contributed by atoms with E-state index in [-0.39, 0.29) is 0 Å². The molecule has 0 spiro atoms. The van der Waals surface area contributed by atoms with Crippen LogP contribution in [0.1, 0.15) is 11.1 Å². The molecule has 6 heteroatoms. The van der Waals surface area contributed by atoms with Crippen molar-refractivity contribution in [3.63, 3.8) is 0 Å². The maximum Gasteiger partial charge on any atom is 0.203 e. The molecular formula is C23H23N3O3. The molecule has 1 N–H and O–H groups in total. The van der Waals surface area contributed by atoms with Crippen LogP contribution in [0.4, 0.5) is 0 Å². The SMILES string of the molecule is COc1cc(-c2cnc3[nH]cc(CCc4ccccc4)c3n2)cc(OC)c1OC. The zero-order chi connectivity index (χ0) is 20.2. The van der Waals surface area contributed by atoms with Gasteiger partial charge in [-0.15, -0.1) is 0 Å². The van der Waals surface area contributed by atoms with Crippen molar-refractivity contribution >= 4 is 11.2 Å². The fourth-order valence-electron chi connectivity index (χ4n) is 3.42. The number of fused-ring (bicyclic) bond motifs is 1. The molecule has 0 unspecified atom stereocenters. The highest BCUT2D eigenvalue weighted by atomic mass is 16.5. The van der Waals surface area contributed by atoms with E-state index in [4.69, 9.17) is 19.2 Å². The first-order valence-corrected chi connectivity index (χ1v) is 9.40. The predicted molar refractivity (Wildman–Crippen MR) is 113 cm³/mol. The fourth-order valence-corrected chi connectivity index (χ4v) is 3.42. The normalized spacial score (nSPS) is 10.9. The van der Waals surface area contributed by atoms with Crippen LogP contribution in [0.5, 0.6) is 17.2 Å². The highest BCUT2D eigenvalue weighted by Crippen LogP contribution is 2.40. The monoisotopic (exact) mass is 389 g/mol. The highest BCUT2D eigenvalue weighted by molar-refractivity contribution is 5.79. The minimum absolute atomic E-state index is 0.554. The molecule has 6 nitrogen and oxygen atoms in total. The van der Waals surface area contributed by atoms with Crippen LogP contribution < -0.4 is 14.2 Å². The lowest BCUT2D eigenvalue weighted by Crippen LogP contribution is -1.97. The predicted octanol–water partition coefficient (Wildman–Crippen LogP) is 4.44. The van der Waals surface area contributed by atoms with Gasteiger partial charge < -0.3 is 19.2 Å². The molecule has 0 atom stereocenters. The molecular weight excluding hydrogens is 366 g/mol. The summed E-state index contributed by atoms with van der Waals surface area (Å²) in [6.45, 7) is 0. The largest absolute Gasteiger partial charge is 0.493 e. The lowest BCUT2D eigenvalue weighted by molar-refractivity contribution is 0.324. The summed E-state index contributed by atoms with van der Waals surface area (Å²) < 4.78 is 16.3. The Kier molecular flexibility index (Phi) is 5.33. The Hall–Kier alpha value is -3.54. The number of methoxy groups -OCH3 is 3. The van der Waals surface area contributed by atoms with E-state index in [0.717, 1.165) is 40.8 Å². The smallest absolute Gasteiger partial charge is 0.203 e. The first-order valence-electron chi connectivity index (χ1n) is 9.40. The summed E-state index contributed by atoms with van der Waals surface area (Å²) in [7, 11) is 4.79. The lowest BCUT2D eigenvalue weighted by Gasteiger charge is -2.14. The summed E-state index contributed by atoms with van der Waals surface area (Å²) in [5.74, 6) is 1.72. The molecule has 0 saturated heterocycles. The molecule has 0 aliphatic rings. The van der Waals surface area contributed by atoms with Gasteiger partial charge in [-0.1, -0.05) is 30.3 Å². The molecule has 2 aromatic heterocycles. The number of nitrogens with zero attached hydrogens (tertiary/aromatic N) is 2. The molecule has 0 saturated carbocycles. The van der Waals surface area contributed by atoms with Crippen LogP contribution in [0.3, 0.4) is 0 Å². The molecule has 0 radical (unpaired) electrons. The van der Waals surface area contributed by atoms with Gasteiger partial charge in [-0.3, -0.25) is 0 Å². The van der Waals surface area contributed by atoms with E-state index >= 15 is 0 Å². The van der Waals surface area contributed by atoms with Gasteiger partial charge in [0.15, 0.2) is 17.1 Å². The molecule has 0 bridgehead atoms. The van der Waals surface area contributed by atoms with Crippen LogP contribution in [-0.2, 0) is 12.8 Å². The number of hydrogen-bond donors (Lipinski definition) is 1. The summed E-state index contributed by atoms with van der Waals surface area (Å²) in [6, 6.07) is 14.2. The standard InChI is InChI=1S/C23H23N3O3/c1-27-19-11-17(12-20(28-2)22(19)29-3)18-14-25-23-21(26-18)16(13-24-23)10-9-15-7-5-4-6-8-15/h4-8,11-14H,9-10H2,1-3H3,(H,24,25). The van der Waals surface area contributed by atoms with E-state index in [1.54, 1.807) is 27.5 Å². The Balaban J connectivity index is 1.70. The van der Waals surface area contributed by atoms with Crippen molar-refractivity contribution in [2.75, 3.05) is 21.3 Å². The number of benzene rings is 2. The minimum Gasteiger partial charge on any atom is -0.493 e. The molecule has 0 aliphatic heterocycles. The maximum absolute atomic E-state index is 5.47. The maximum atomic E-state index is 5.47. The third-order valence-electron chi connectivity index (χ3n) is 4.95. The number of H-pyrrole nitrogens is 1. The van der Waals surface area contributed by atoms with Crippen molar-refractivity contribution in [1.82, 2.24) is 15.0 Å². The lowest BCUT2D eigenvalue weighted by atomic mass is 10.1. The Morgan fingerprint density at radius 3 is 2.28 bits per heavy atom. The molecule has 4 aromatic rings. The second kappa shape index (κ2) is 8.22. The van der Waals surface area contributed by atoms with Crippen LogP contribution >= 0.6 is 0 Å². The van der Waals surface area contributed by atoms with Gasteiger partial charge in [0.2, 0.25) is 5.75 Å². The van der Waals surface area contributed by atoms with Crippen molar-refractivity contribution < 1.29 is 14.2 Å². The molecule has 29 heavy (non-hydrogen) atoms. The van der Waals surface area contributed by atoms with Crippen LogP contribution in [0.25, 0.3) is 22.4 Å². The van der Waals surface area contributed by atoms with Crippen LogP contribution in [0.15, 0.2) is 54.9 Å². The second-order valence-corrected chi connectivity index (χ2v) is 6.67. The first kappa shape index (κ1) is 18.8. The van der Waals surface area contributed by atoms with E-state index in [0.29, 0.717) is 17.2 Å². The van der Waals surface area contributed by atoms with Gasteiger partial charge in [0.1, 0.15) is 5.52 Å². The number of aromatic amines is 1. The molecule has 0 amide bonds. The van der Waals surface area contributed by atoms with Gasteiger partial charge in [0, 0.05) is 11.8 Å². The number of rotatable bonds is 7. The topological polar surface area (TPSA) is 69.3 Å². The van der Waals surface area contributed by atoms with Crippen LogP contribution in [0, 0.1) is 0 Å². The summed E-state index contributed by atoms with van der Waals surface area (Å²) in [6.07, 6.45) is 5.58. The van der Waals surface area contributed by atoms with E-state index < -0.39 is 0 Å². The first-order chi connectivity index (χ1) is 14.2. The van der Waals surface area contributed by atoms with Crippen molar-refractivity contribution in [2.45, 2.75) is 12.8 Å². The van der Waals surface area contributed by atoms with E-state index in [1.165, 1.54) is 5.56 Å². The van der Waals surface area contributed by atoms with Crippen LogP contribution in [-0.4, -0.2) is 36.3 Å². The third kappa shape index (κ3) is 3.74. The van der Waals surface area contributed by atoms with Gasteiger partial charge in [-0.25, -0.2) is 9.97 Å². The Bertz CT molecular complexity index is 1100. The minimum atomic E-state index is 0.554. The fraction of sp³-hybridized carbons (Fsp3) is 0.217. The number of aryl methyl sites for hydroxylation is 2. The zero-order valence-corrected chi connectivity index (χ0v) is 16.7. The van der Waals surface area contributed by atoms with Crippen molar-refractivity contribution in [1.29, 1.82) is 0 Å². The van der Waals surface area contributed by atoms with Gasteiger partial charge >= 0.3 is 0 Å². The van der Waals surface area contributed by atoms with Gasteiger partial charge in [0.25, 0.3) is 0 Å². The van der Waals surface area contributed by atoms with Crippen molar-refractivity contribution in [3.8, 4) is 28.5 Å². The van der Waals surface area contributed by atoms with Crippen molar-refractivity contribution in [3.05, 3.63) is 66.0 Å². The quantitative estimate of drug-likeness (QED) is 0.506. The highest BCUT2D eigenvalue weighted by Gasteiger charge is 2.16. The Morgan fingerprint density at radius 2 is 1.62 bits per heavy atom. The number of aromatic nitrogens is 3. The molecule has 0 aliphatic carbocycles. The third-order valence-corrected chi connectivity index (χ3v) is 4.95. The number of nitrogens with one attached hydrogen (secondary N) is 1. The average molecular weight is 389 g/mol. The average Bonchev–Trinajstić information content (AvgIpc) is 3.19. The van der Waals surface area contributed by atoms with Gasteiger partial charge in [0.05, 0.1) is 33.2 Å². The summed E-state index contributed by atoms with van der Waals surface area (Å²) >= 11 is 0. The summed E-state index contributed by atoms with van der Waals surface area (Å²) in [5, 5.41) is 0. The zero-order valence-electron chi connectivity index (χ0n) is 16.7. The van der Waals surface area contributed by atoms with E-state index in [2.05, 4.69) is 34.2 Å². The van der Waals surface area contributed by atoms with Crippen LogP contribution in [0.2, 0.25) is 0 Å². The molecule has 0 fully saturated rings. The van der Waals surface area contributed by atoms with Gasteiger partial charge in [-0.05, 0) is 36.1 Å². The number of ether oxygens (including phenoxy) is 3. The molecule has 4 rings (SSSR count). The molecule has 2 heterocycles. The van der Waals surface area contributed by atoms with Gasteiger partial charge in [-0.2, -0.15) is 0 Å². The summed E-state index contributed by atoms with van der Waals surface area (Å²) in [5.41, 5.74) is 5.71. The molecule has 2 aromatic carbocycles. The number of hydrogen-bond acceptors (Lipinski definition) is 5. The Labute approximate surface area is 169 Å². The molecule has 148 valence electrons. The Morgan fingerprint density at radius 1 is 0.897 bits per heavy atom. The van der Waals surface area contributed by atoms with Crippen molar-refractivity contribution in [2.24, 2.45) is 0 Å². The van der Waals surface area contributed by atoms with E-state index in [1.807, 2.05) is 24.4 Å². The second-order valence-electron chi connectivity index (χ2n) is 6.67. The van der Waals surface area contributed by atoms with E-state index in [9.17, 15) is 0 Å². The summed E-state index contributed by atoms with van der Waals surface area (Å²) in [4.78, 5) is 12.7.